The van der Waals surface area contributed by atoms with Crippen molar-refractivity contribution in [2.45, 2.75) is 31.2 Å². The van der Waals surface area contributed by atoms with Crippen LogP contribution in [0, 0.1) is 0 Å². The van der Waals surface area contributed by atoms with Crippen LogP contribution in [0.25, 0.3) is 0 Å². The predicted molar refractivity (Wildman–Crippen MR) is 81.2 cm³/mol. The van der Waals surface area contributed by atoms with Gasteiger partial charge >= 0.3 is 0 Å². The van der Waals surface area contributed by atoms with Gasteiger partial charge in [-0.05, 0) is 31.5 Å². The number of benzene rings is 1. The summed E-state index contributed by atoms with van der Waals surface area (Å²) in [4.78, 5) is 2.10. The maximum absolute atomic E-state index is 11.5. The molecule has 114 valence electrons. The van der Waals surface area contributed by atoms with Gasteiger partial charge in [0.2, 0.25) is 10.0 Å². The fourth-order valence-electron chi connectivity index (χ4n) is 1.94. The van der Waals surface area contributed by atoms with Crippen LogP contribution in [-0.2, 0) is 14.8 Å². The number of rotatable bonds is 7. The van der Waals surface area contributed by atoms with Crippen LogP contribution >= 0.6 is 0 Å². The van der Waals surface area contributed by atoms with E-state index in [2.05, 4.69) is 13.8 Å². The number of nitrogens with two attached hydrogens (primary N) is 2. The highest BCUT2D eigenvalue weighted by molar-refractivity contribution is 7.89. The number of methoxy groups -OCH3 is 1. The molecular weight excluding hydrogens is 278 g/mol. The van der Waals surface area contributed by atoms with E-state index in [1.165, 1.54) is 12.1 Å². The van der Waals surface area contributed by atoms with Crippen LogP contribution in [0.2, 0.25) is 0 Å². The van der Waals surface area contributed by atoms with E-state index in [4.69, 9.17) is 15.6 Å². The second kappa shape index (κ2) is 6.92. The van der Waals surface area contributed by atoms with Crippen LogP contribution in [0.15, 0.2) is 23.1 Å². The SMILES string of the molecule is CCC(C)N(CCOC)c1cc(S(N)(=O)=O)ccc1N. The summed E-state index contributed by atoms with van der Waals surface area (Å²) in [5.74, 6) is 0. The normalized spacial score (nSPS) is 13.2. The highest BCUT2D eigenvalue weighted by atomic mass is 32.2. The molecule has 0 saturated heterocycles. The van der Waals surface area contributed by atoms with Crippen LogP contribution in [0.5, 0.6) is 0 Å². The first-order valence-electron chi connectivity index (χ1n) is 6.49. The first-order chi connectivity index (χ1) is 9.31. The van der Waals surface area contributed by atoms with E-state index >= 15 is 0 Å². The summed E-state index contributed by atoms with van der Waals surface area (Å²) in [6.07, 6.45) is 0.906. The lowest BCUT2D eigenvalue weighted by Crippen LogP contribution is -2.36. The number of hydrogen-bond donors (Lipinski definition) is 2. The van der Waals surface area contributed by atoms with Crippen molar-refractivity contribution in [1.29, 1.82) is 0 Å². The van der Waals surface area contributed by atoms with Gasteiger partial charge in [0.05, 0.1) is 22.9 Å². The third-order valence-electron chi connectivity index (χ3n) is 3.30. The van der Waals surface area contributed by atoms with Crippen LogP contribution in [0.3, 0.4) is 0 Å². The van der Waals surface area contributed by atoms with Gasteiger partial charge in [0.1, 0.15) is 0 Å². The van der Waals surface area contributed by atoms with Gasteiger partial charge in [-0.3, -0.25) is 0 Å². The molecule has 0 aromatic heterocycles. The first-order valence-corrected chi connectivity index (χ1v) is 8.03. The molecule has 4 N–H and O–H groups in total. The van der Waals surface area contributed by atoms with Gasteiger partial charge < -0.3 is 15.4 Å². The Morgan fingerprint density at radius 1 is 1.40 bits per heavy atom. The van der Waals surface area contributed by atoms with Crippen LogP contribution < -0.4 is 15.8 Å². The molecule has 0 saturated carbocycles. The summed E-state index contributed by atoms with van der Waals surface area (Å²) < 4.78 is 28.0. The van der Waals surface area contributed by atoms with E-state index in [1.54, 1.807) is 13.2 Å². The monoisotopic (exact) mass is 301 g/mol. The average molecular weight is 301 g/mol. The van der Waals surface area contributed by atoms with Crippen molar-refractivity contribution < 1.29 is 13.2 Å². The summed E-state index contributed by atoms with van der Waals surface area (Å²) in [5.41, 5.74) is 7.17. The van der Waals surface area contributed by atoms with E-state index in [0.717, 1.165) is 6.42 Å². The molecule has 1 unspecified atom stereocenters. The van der Waals surface area contributed by atoms with E-state index < -0.39 is 10.0 Å². The second-order valence-corrected chi connectivity index (χ2v) is 6.27. The minimum Gasteiger partial charge on any atom is -0.397 e. The van der Waals surface area contributed by atoms with Crippen molar-refractivity contribution in [3.8, 4) is 0 Å². The molecule has 0 aliphatic rings. The minimum atomic E-state index is -3.74. The quantitative estimate of drug-likeness (QED) is 0.737. The van der Waals surface area contributed by atoms with Gasteiger partial charge in [0.25, 0.3) is 0 Å². The van der Waals surface area contributed by atoms with Crippen LogP contribution in [0.4, 0.5) is 11.4 Å². The molecule has 0 aliphatic carbocycles. The summed E-state index contributed by atoms with van der Waals surface area (Å²) >= 11 is 0. The average Bonchev–Trinajstić information content (AvgIpc) is 2.39. The zero-order valence-corrected chi connectivity index (χ0v) is 13.0. The molecule has 0 radical (unpaired) electrons. The Morgan fingerprint density at radius 3 is 2.55 bits per heavy atom. The van der Waals surface area contributed by atoms with Gasteiger partial charge in [-0.1, -0.05) is 6.92 Å². The summed E-state index contributed by atoms with van der Waals surface area (Å²) in [6.45, 7) is 5.27. The topological polar surface area (TPSA) is 98.6 Å². The van der Waals surface area contributed by atoms with Crippen molar-refractivity contribution in [2.75, 3.05) is 30.9 Å². The van der Waals surface area contributed by atoms with Crippen molar-refractivity contribution in [3.05, 3.63) is 18.2 Å². The van der Waals surface area contributed by atoms with Gasteiger partial charge in [-0.2, -0.15) is 0 Å². The third kappa shape index (κ3) is 4.09. The van der Waals surface area contributed by atoms with Crippen LogP contribution in [0.1, 0.15) is 20.3 Å². The number of nitrogen functional groups attached to an aromatic ring is 1. The molecule has 0 aliphatic heterocycles. The van der Waals surface area contributed by atoms with E-state index in [1.807, 2.05) is 4.90 Å². The lowest BCUT2D eigenvalue weighted by Gasteiger charge is -2.31. The summed E-state index contributed by atoms with van der Waals surface area (Å²) in [6, 6.07) is 4.71. The van der Waals surface area contributed by atoms with Crippen molar-refractivity contribution in [1.82, 2.24) is 0 Å². The summed E-state index contributed by atoms with van der Waals surface area (Å²) in [7, 11) is -2.12. The molecule has 0 bridgehead atoms. The number of sulfonamides is 1. The number of anilines is 2. The Labute approximate surface area is 120 Å². The van der Waals surface area contributed by atoms with Gasteiger partial charge in [-0.25, -0.2) is 13.6 Å². The van der Waals surface area contributed by atoms with Crippen LogP contribution in [-0.4, -0.2) is 34.7 Å². The molecule has 1 rings (SSSR count). The van der Waals surface area contributed by atoms with E-state index in [-0.39, 0.29) is 10.9 Å². The molecule has 20 heavy (non-hydrogen) atoms. The zero-order valence-electron chi connectivity index (χ0n) is 12.2. The molecule has 1 atom stereocenters. The predicted octanol–water partition coefficient (Wildman–Crippen LogP) is 1.17. The fraction of sp³-hybridized carbons (Fsp3) is 0.538. The van der Waals surface area contributed by atoms with Crippen molar-refractivity contribution >= 4 is 21.4 Å². The number of primary sulfonamides is 1. The Bertz CT molecular complexity index is 546. The molecule has 1 aromatic rings. The van der Waals surface area contributed by atoms with E-state index in [0.29, 0.717) is 24.5 Å². The second-order valence-electron chi connectivity index (χ2n) is 4.71. The standard InChI is InChI=1S/C13H23N3O3S/c1-4-10(2)16(7-8-19-3)13-9-11(20(15,17)18)5-6-12(13)14/h5-6,9-10H,4,7-8,14H2,1-3H3,(H2,15,17,18). The maximum atomic E-state index is 11.5. The minimum absolute atomic E-state index is 0.0624. The Morgan fingerprint density at radius 2 is 2.05 bits per heavy atom. The Balaban J connectivity index is 3.24. The van der Waals surface area contributed by atoms with Crippen molar-refractivity contribution in [3.63, 3.8) is 0 Å². The first kappa shape index (κ1) is 16.7. The lowest BCUT2D eigenvalue weighted by molar-refractivity contribution is 0.203. The largest absolute Gasteiger partial charge is 0.397 e. The number of hydrogen-bond acceptors (Lipinski definition) is 5. The third-order valence-corrected chi connectivity index (χ3v) is 4.21. The molecule has 0 amide bonds. The van der Waals surface area contributed by atoms with Gasteiger partial charge in [0.15, 0.2) is 0 Å². The molecule has 0 fully saturated rings. The molecule has 0 spiro atoms. The molecule has 1 aromatic carbocycles. The Hall–Kier alpha value is -1.31. The van der Waals surface area contributed by atoms with Crippen molar-refractivity contribution in [2.24, 2.45) is 5.14 Å². The maximum Gasteiger partial charge on any atom is 0.238 e. The molecule has 7 heteroatoms. The fourth-order valence-corrected chi connectivity index (χ4v) is 2.47. The Kier molecular flexibility index (Phi) is 5.79. The molecule has 6 nitrogen and oxygen atoms in total. The lowest BCUT2D eigenvalue weighted by atomic mass is 10.1. The summed E-state index contributed by atoms with van der Waals surface area (Å²) in [5, 5.41) is 5.17. The van der Waals surface area contributed by atoms with Gasteiger partial charge in [0, 0.05) is 19.7 Å². The smallest absolute Gasteiger partial charge is 0.238 e. The number of ether oxygens (including phenoxy) is 1. The zero-order chi connectivity index (χ0) is 15.3. The highest BCUT2D eigenvalue weighted by Crippen LogP contribution is 2.28. The van der Waals surface area contributed by atoms with E-state index in [9.17, 15) is 8.42 Å². The van der Waals surface area contributed by atoms with Gasteiger partial charge in [-0.15, -0.1) is 0 Å². The highest BCUT2D eigenvalue weighted by Gasteiger charge is 2.18. The molecule has 0 heterocycles. The molecular formula is C13H23N3O3S. The number of nitrogens with zero attached hydrogens (tertiary/aromatic N) is 1.